The van der Waals surface area contributed by atoms with Crippen molar-refractivity contribution in [3.63, 3.8) is 0 Å². The Hall–Kier alpha value is -1.03. The molecule has 1 aromatic rings. The van der Waals surface area contributed by atoms with Gasteiger partial charge in [0.15, 0.2) is 0 Å². The molecule has 0 bridgehead atoms. The van der Waals surface area contributed by atoms with Crippen molar-refractivity contribution in [3.05, 3.63) is 34.9 Å². The van der Waals surface area contributed by atoms with Crippen LogP contribution in [0.2, 0.25) is 0 Å². The van der Waals surface area contributed by atoms with Gasteiger partial charge in [-0.2, -0.15) is 0 Å². The molecule has 0 radical (unpaired) electrons. The minimum atomic E-state index is -1.96. The highest BCUT2D eigenvalue weighted by Crippen LogP contribution is 2.42. The lowest BCUT2D eigenvalue weighted by atomic mass is 9.78. The smallest absolute Gasteiger partial charge is 0.143 e. The minimum absolute atomic E-state index is 0.00963. The van der Waals surface area contributed by atoms with Gasteiger partial charge < -0.3 is 5.73 Å². The third-order valence-electron chi connectivity index (χ3n) is 3.47. The van der Waals surface area contributed by atoms with Gasteiger partial charge in [-0.25, -0.2) is 13.2 Å². The third kappa shape index (κ3) is 2.18. The van der Waals surface area contributed by atoms with Crippen LogP contribution < -0.4 is 5.73 Å². The van der Waals surface area contributed by atoms with Gasteiger partial charge in [0, 0.05) is 12.5 Å². The fraction of sp³-hybridized carbons (Fsp3) is 0.538. The van der Waals surface area contributed by atoms with Crippen LogP contribution in [0.4, 0.5) is 13.2 Å². The molecule has 1 nitrogen and oxygen atoms in total. The number of alkyl halides is 1. The summed E-state index contributed by atoms with van der Waals surface area (Å²) in [5.41, 5.74) is 3.56. The first-order valence-corrected chi connectivity index (χ1v) is 5.83. The Balaban J connectivity index is 2.48. The number of rotatable bonds is 1. The maximum absolute atomic E-state index is 14.7. The van der Waals surface area contributed by atoms with E-state index in [1.165, 1.54) is 13.0 Å². The summed E-state index contributed by atoms with van der Waals surface area (Å²) in [5, 5.41) is 0. The largest absolute Gasteiger partial charge is 0.328 e. The molecular formula is C13H16F3N. The van der Waals surface area contributed by atoms with Crippen molar-refractivity contribution in [2.45, 2.75) is 44.3 Å². The van der Waals surface area contributed by atoms with E-state index in [0.29, 0.717) is 12.8 Å². The lowest BCUT2D eigenvalue weighted by Gasteiger charge is -2.34. The lowest BCUT2D eigenvalue weighted by molar-refractivity contribution is 0.0857. The van der Waals surface area contributed by atoms with E-state index < -0.39 is 22.9 Å². The molecule has 0 amide bonds. The van der Waals surface area contributed by atoms with Gasteiger partial charge >= 0.3 is 0 Å². The van der Waals surface area contributed by atoms with Crippen LogP contribution in [0.5, 0.6) is 0 Å². The van der Waals surface area contributed by atoms with Gasteiger partial charge in [-0.1, -0.05) is 6.07 Å². The Morgan fingerprint density at radius 2 is 2.06 bits per heavy atom. The first-order valence-electron chi connectivity index (χ1n) is 5.83. The first-order chi connectivity index (χ1) is 7.94. The van der Waals surface area contributed by atoms with Crippen LogP contribution in [-0.2, 0) is 5.67 Å². The predicted octanol–water partition coefficient (Wildman–Crippen LogP) is 3.34. The van der Waals surface area contributed by atoms with E-state index in [4.69, 9.17) is 5.73 Å². The summed E-state index contributed by atoms with van der Waals surface area (Å²) in [7, 11) is 0. The van der Waals surface area contributed by atoms with E-state index in [-0.39, 0.29) is 24.4 Å². The summed E-state index contributed by atoms with van der Waals surface area (Å²) in [6, 6.07) is 2.11. The van der Waals surface area contributed by atoms with E-state index in [0.717, 1.165) is 6.07 Å². The quantitative estimate of drug-likeness (QED) is 0.804. The second-order valence-corrected chi connectivity index (χ2v) is 4.88. The highest BCUT2D eigenvalue weighted by Gasteiger charge is 2.41. The van der Waals surface area contributed by atoms with Gasteiger partial charge in [0.1, 0.15) is 17.3 Å². The molecule has 2 unspecified atom stereocenters. The molecule has 0 saturated heterocycles. The van der Waals surface area contributed by atoms with Crippen molar-refractivity contribution in [2.75, 3.05) is 0 Å². The zero-order valence-corrected chi connectivity index (χ0v) is 9.77. The summed E-state index contributed by atoms with van der Waals surface area (Å²) in [6.45, 7) is 1.50. The maximum atomic E-state index is 14.7. The Kier molecular flexibility index (Phi) is 3.17. The molecule has 94 valence electrons. The average molecular weight is 243 g/mol. The van der Waals surface area contributed by atoms with Crippen molar-refractivity contribution < 1.29 is 13.2 Å². The minimum Gasteiger partial charge on any atom is -0.328 e. The Morgan fingerprint density at radius 3 is 2.71 bits per heavy atom. The molecule has 1 aliphatic carbocycles. The normalized spacial score (nSPS) is 29.4. The lowest BCUT2D eigenvalue weighted by Crippen LogP contribution is -2.37. The highest BCUT2D eigenvalue weighted by atomic mass is 19.2. The van der Waals surface area contributed by atoms with Crippen molar-refractivity contribution in [2.24, 2.45) is 5.73 Å². The predicted molar refractivity (Wildman–Crippen MR) is 60.3 cm³/mol. The van der Waals surface area contributed by atoms with Crippen LogP contribution in [0.15, 0.2) is 12.1 Å². The first kappa shape index (κ1) is 12.4. The van der Waals surface area contributed by atoms with Crippen molar-refractivity contribution >= 4 is 0 Å². The van der Waals surface area contributed by atoms with Crippen molar-refractivity contribution in [1.82, 2.24) is 0 Å². The molecule has 4 heteroatoms. The van der Waals surface area contributed by atoms with Gasteiger partial charge in [-0.05, 0) is 37.8 Å². The summed E-state index contributed by atoms with van der Waals surface area (Å²) < 4.78 is 42.3. The molecule has 1 fully saturated rings. The molecule has 2 rings (SSSR count). The van der Waals surface area contributed by atoms with Crippen molar-refractivity contribution in [3.8, 4) is 0 Å². The van der Waals surface area contributed by atoms with E-state index in [2.05, 4.69) is 0 Å². The van der Waals surface area contributed by atoms with Gasteiger partial charge in [0.2, 0.25) is 0 Å². The Morgan fingerprint density at radius 1 is 1.35 bits per heavy atom. The summed E-state index contributed by atoms with van der Waals surface area (Å²) in [5.74, 6) is -1.59. The van der Waals surface area contributed by atoms with Crippen LogP contribution in [0, 0.1) is 18.6 Å². The van der Waals surface area contributed by atoms with E-state index in [1.807, 2.05) is 0 Å². The molecule has 2 N–H and O–H groups in total. The molecule has 0 aliphatic heterocycles. The Bertz CT molecular complexity index is 433. The molecule has 2 atom stereocenters. The van der Waals surface area contributed by atoms with E-state index in [9.17, 15) is 13.2 Å². The number of nitrogens with two attached hydrogens (primary N) is 1. The zero-order chi connectivity index (χ0) is 12.6. The molecule has 0 aromatic heterocycles. The molecule has 0 spiro atoms. The van der Waals surface area contributed by atoms with Crippen molar-refractivity contribution in [1.29, 1.82) is 0 Å². The number of aryl methyl sites for hydroxylation is 1. The second kappa shape index (κ2) is 4.33. The van der Waals surface area contributed by atoms with Gasteiger partial charge in [0.25, 0.3) is 0 Å². The fourth-order valence-electron chi connectivity index (χ4n) is 2.56. The summed E-state index contributed by atoms with van der Waals surface area (Å²) >= 11 is 0. The van der Waals surface area contributed by atoms with Crippen LogP contribution in [0.1, 0.15) is 36.8 Å². The van der Waals surface area contributed by atoms with E-state index in [1.54, 1.807) is 0 Å². The Labute approximate surface area is 98.8 Å². The SMILES string of the molecule is Cc1ccc(F)c(C2(F)CCCC(N)C2)c1F. The molecule has 0 heterocycles. The topological polar surface area (TPSA) is 26.0 Å². The fourth-order valence-corrected chi connectivity index (χ4v) is 2.56. The van der Waals surface area contributed by atoms with Crippen LogP contribution in [-0.4, -0.2) is 6.04 Å². The van der Waals surface area contributed by atoms with Gasteiger partial charge in [0.05, 0.1) is 5.56 Å². The highest BCUT2D eigenvalue weighted by molar-refractivity contribution is 5.32. The number of hydrogen-bond donors (Lipinski definition) is 1. The molecule has 1 aliphatic rings. The standard InChI is InChI=1S/C13H16F3N/c1-8-4-5-10(14)11(12(8)15)13(16)6-2-3-9(17)7-13/h4-5,9H,2-3,6-7,17H2,1H3. The maximum Gasteiger partial charge on any atom is 0.143 e. The van der Waals surface area contributed by atoms with Crippen LogP contribution >= 0.6 is 0 Å². The zero-order valence-electron chi connectivity index (χ0n) is 9.77. The molecule has 17 heavy (non-hydrogen) atoms. The molecular weight excluding hydrogens is 227 g/mol. The van der Waals surface area contributed by atoms with Gasteiger partial charge in [-0.15, -0.1) is 0 Å². The summed E-state index contributed by atoms with van der Waals surface area (Å²) in [6.07, 6.45) is 1.40. The number of halogens is 3. The molecule has 1 aromatic carbocycles. The number of benzene rings is 1. The van der Waals surface area contributed by atoms with Crippen LogP contribution in [0.3, 0.4) is 0 Å². The molecule has 1 saturated carbocycles. The monoisotopic (exact) mass is 243 g/mol. The second-order valence-electron chi connectivity index (χ2n) is 4.88. The van der Waals surface area contributed by atoms with Gasteiger partial charge in [-0.3, -0.25) is 0 Å². The van der Waals surface area contributed by atoms with Crippen LogP contribution in [0.25, 0.3) is 0 Å². The third-order valence-corrected chi connectivity index (χ3v) is 3.47. The average Bonchev–Trinajstić information content (AvgIpc) is 2.23. The summed E-state index contributed by atoms with van der Waals surface area (Å²) in [4.78, 5) is 0. The van der Waals surface area contributed by atoms with E-state index >= 15 is 0 Å². The number of hydrogen-bond acceptors (Lipinski definition) is 1.